The first-order chi connectivity index (χ1) is 10.8. The van der Waals surface area contributed by atoms with Crippen LogP contribution >= 0.6 is 11.3 Å². The normalized spacial score (nSPS) is 11.3. The summed E-state index contributed by atoms with van der Waals surface area (Å²) in [5.41, 5.74) is 6.28. The van der Waals surface area contributed by atoms with Crippen LogP contribution in [-0.2, 0) is 6.54 Å². The second-order valence-electron chi connectivity index (χ2n) is 5.11. The lowest BCUT2D eigenvalue weighted by Crippen LogP contribution is -1.98. The largest absolute Gasteiger partial charge is 0.494 e. The zero-order valence-electron chi connectivity index (χ0n) is 12.2. The van der Waals surface area contributed by atoms with E-state index in [0.717, 1.165) is 28.8 Å². The molecule has 0 atom stereocenters. The highest BCUT2D eigenvalue weighted by atomic mass is 32.1. The Bertz CT molecular complexity index is 941. The molecular weight excluding hydrogens is 294 g/mol. The third kappa shape index (κ3) is 2.33. The summed E-state index contributed by atoms with van der Waals surface area (Å²) in [6, 6.07) is 12.5. The van der Waals surface area contributed by atoms with Gasteiger partial charge in [-0.05, 0) is 36.8 Å². The minimum Gasteiger partial charge on any atom is -0.494 e. The van der Waals surface area contributed by atoms with Gasteiger partial charge < -0.3 is 9.30 Å². The number of nitrogens with zero attached hydrogens (tertiary/aromatic N) is 3. The number of hydrogen-bond acceptors (Lipinski definition) is 4. The van der Waals surface area contributed by atoms with E-state index in [-0.39, 0.29) is 0 Å². The van der Waals surface area contributed by atoms with Gasteiger partial charge in [-0.25, -0.2) is 9.97 Å². The Morgan fingerprint density at radius 2 is 2.05 bits per heavy atom. The molecule has 0 saturated carbocycles. The van der Waals surface area contributed by atoms with Gasteiger partial charge in [0.15, 0.2) is 0 Å². The molecule has 4 rings (SSSR count). The lowest BCUT2D eigenvalue weighted by atomic mass is 10.2. The Labute approximate surface area is 132 Å². The summed E-state index contributed by atoms with van der Waals surface area (Å²) in [4.78, 5) is 8.80. The maximum atomic E-state index is 5.53. The molecule has 0 unspecified atom stereocenters. The fraction of sp³-hybridized carbons (Fsp3) is 0.176. The van der Waals surface area contributed by atoms with E-state index in [9.17, 15) is 0 Å². The zero-order valence-corrected chi connectivity index (χ0v) is 13.0. The summed E-state index contributed by atoms with van der Waals surface area (Å²) in [6.07, 6.45) is 1.89. The van der Waals surface area contributed by atoms with Crippen LogP contribution in [0.2, 0.25) is 0 Å². The van der Waals surface area contributed by atoms with E-state index in [1.165, 1.54) is 10.3 Å². The van der Waals surface area contributed by atoms with Crippen molar-refractivity contribution in [2.45, 2.75) is 13.5 Å². The van der Waals surface area contributed by atoms with Gasteiger partial charge >= 0.3 is 0 Å². The number of hydrogen-bond donors (Lipinski definition) is 0. The molecule has 0 radical (unpaired) electrons. The molecule has 0 spiro atoms. The number of ether oxygens (including phenoxy) is 1. The van der Waals surface area contributed by atoms with Gasteiger partial charge in [-0.3, -0.25) is 0 Å². The summed E-state index contributed by atoms with van der Waals surface area (Å²) in [5.74, 6) is 0.867. The average Bonchev–Trinajstić information content (AvgIpc) is 3.14. The summed E-state index contributed by atoms with van der Waals surface area (Å²) in [7, 11) is 0. The van der Waals surface area contributed by atoms with E-state index in [0.29, 0.717) is 6.61 Å². The van der Waals surface area contributed by atoms with Gasteiger partial charge in [0.2, 0.25) is 0 Å². The highest BCUT2D eigenvalue weighted by Crippen LogP contribution is 2.23. The Morgan fingerprint density at radius 1 is 1.09 bits per heavy atom. The first kappa shape index (κ1) is 13.3. The van der Waals surface area contributed by atoms with Crippen LogP contribution in [0.1, 0.15) is 12.5 Å². The first-order valence-electron chi connectivity index (χ1n) is 7.23. The van der Waals surface area contributed by atoms with Crippen LogP contribution in [0, 0.1) is 0 Å². The second-order valence-corrected chi connectivity index (χ2v) is 6.00. The lowest BCUT2D eigenvalue weighted by Gasteiger charge is -2.06. The van der Waals surface area contributed by atoms with Crippen LogP contribution in [0.15, 0.2) is 48.2 Å². The summed E-state index contributed by atoms with van der Waals surface area (Å²) >= 11 is 1.67. The maximum Gasteiger partial charge on any atom is 0.121 e. The number of rotatable bonds is 4. The van der Waals surface area contributed by atoms with Crippen molar-refractivity contribution in [3.63, 3.8) is 0 Å². The van der Waals surface area contributed by atoms with Crippen molar-refractivity contribution in [3.05, 3.63) is 53.8 Å². The van der Waals surface area contributed by atoms with Crippen LogP contribution in [0.5, 0.6) is 5.75 Å². The van der Waals surface area contributed by atoms with E-state index >= 15 is 0 Å². The topological polar surface area (TPSA) is 39.9 Å². The molecule has 2 aromatic heterocycles. The van der Waals surface area contributed by atoms with Gasteiger partial charge in [0.25, 0.3) is 0 Å². The quantitative estimate of drug-likeness (QED) is 0.570. The first-order valence-corrected chi connectivity index (χ1v) is 8.11. The number of fused-ring (bicyclic) bond motifs is 2. The monoisotopic (exact) mass is 309 g/mol. The molecule has 5 heteroatoms. The van der Waals surface area contributed by atoms with E-state index < -0.39 is 0 Å². The Kier molecular flexibility index (Phi) is 3.27. The smallest absolute Gasteiger partial charge is 0.121 e. The Hall–Kier alpha value is -2.40. The molecule has 0 bridgehead atoms. The van der Waals surface area contributed by atoms with Gasteiger partial charge in [-0.1, -0.05) is 6.07 Å². The van der Waals surface area contributed by atoms with Crippen LogP contribution in [-0.4, -0.2) is 21.1 Å². The molecule has 0 amide bonds. The van der Waals surface area contributed by atoms with Crippen LogP contribution in [0.3, 0.4) is 0 Å². The average molecular weight is 309 g/mol. The van der Waals surface area contributed by atoms with Crippen LogP contribution in [0.25, 0.3) is 21.3 Å². The van der Waals surface area contributed by atoms with E-state index in [1.807, 2.05) is 30.9 Å². The molecule has 0 aliphatic rings. The zero-order chi connectivity index (χ0) is 14.9. The summed E-state index contributed by atoms with van der Waals surface area (Å²) in [5, 5.41) is 0. The third-order valence-corrected chi connectivity index (χ3v) is 4.44. The van der Waals surface area contributed by atoms with Gasteiger partial charge in [0.1, 0.15) is 5.75 Å². The predicted molar refractivity (Wildman–Crippen MR) is 89.6 cm³/mol. The van der Waals surface area contributed by atoms with Crippen molar-refractivity contribution in [2.75, 3.05) is 6.61 Å². The Morgan fingerprint density at radius 3 is 2.95 bits per heavy atom. The standard InChI is InChI=1S/C17H15N3OS/c1-2-21-13-4-6-16-15(8-13)18-10-20(16)9-12-3-5-14-17(7-12)22-11-19-14/h3-8,10-11H,2,9H2,1H3. The molecule has 2 aromatic carbocycles. The van der Waals surface area contributed by atoms with Crippen LogP contribution in [0.4, 0.5) is 0 Å². The maximum absolute atomic E-state index is 5.53. The summed E-state index contributed by atoms with van der Waals surface area (Å²) in [6.45, 7) is 3.46. The lowest BCUT2D eigenvalue weighted by molar-refractivity contribution is 0.340. The molecule has 0 N–H and O–H groups in total. The molecule has 2 heterocycles. The number of aromatic nitrogens is 3. The number of thiazole rings is 1. The molecule has 0 saturated heterocycles. The van der Waals surface area contributed by atoms with Crippen molar-refractivity contribution < 1.29 is 4.74 Å². The third-order valence-electron chi connectivity index (χ3n) is 3.65. The molecule has 4 aromatic rings. The predicted octanol–water partition coefficient (Wildman–Crippen LogP) is 4.09. The van der Waals surface area contributed by atoms with Crippen molar-refractivity contribution in [1.29, 1.82) is 0 Å². The molecule has 22 heavy (non-hydrogen) atoms. The highest BCUT2D eigenvalue weighted by Gasteiger charge is 2.06. The number of imidazole rings is 1. The minimum absolute atomic E-state index is 0.668. The highest BCUT2D eigenvalue weighted by molar-refractivity contribution is 7.16. The number of benzene rings is 2. The fourth-order valence-corrected chi connectivity index (χ4v) is 3.36. The molecule has 0 aliphatic heterocycles. The molecule has 110 valence electrons. The molecule has 0 fully saturated rings. The summed E-state index contributed by atoms with van der Waals surface area (Å²) < 4.78 is 8.91. The van der Waals surface area contributed by atoms with E-state index in [1.54, 1.807) is 11.3 Å². The van der Waals surface area contributed by atoms with Gasteiger partial charge in [0, 0.05) is 12.6 Å². The van der Waals surface area contributed by atoms with E-state index in [4.69, 9.17) is 4.74 Å². The second kappa shape index (κ2) is 5.42. The van der Waals surface area contributed by atoms with Gasteiger partial charge in [0.05, 0.1) is 39.7 Å². The van der Waals surface area contributed by atoms with E-state index in [2.05, 4.69) is 38.8 Å². The van der Waals surface area contributed by atoms with Crippen molar-refractivity contribution in [1.82, 2.24) is 14.5 Å². The van der Waals surface area contributed by atoms with Crippen molar-refractivity contribution in [2.24, 2.45) is 0 Å². The molecule has 0 aliphatic carbocycles. The van der Waals surface area contributed by atoms with Crippen molar-refractivity contribution >= 4 is 32.6 Å². The Balaban J connectivity index is 1.68. The van der Waals surface area contributed by atoms with Crippen molar-refractivity contribution in [3.8, 4) is 5.75 Å². The fourth-order valence-electron chi connectivity index (χ4n) is 2.62. The molecular formula is C17H15N3OS. The SMILES string of the molecule is CCOc1ccc2c(c1)ncn2Cc1ccc2ncsc2c1. The van der Waals surface area contributed by atoms with Crippen LogP contribution < -0.4 is 4.74 Å². The minimum atomic E-state index is 0.668. The van der Waals surface area contributed by atoms with Gasteiger partial charge in [-0.15, -0.1) is 11.3 Å². The van der Waals surface area contributed by atoms with Gasteiger partial charge in [-0.2, -0.15) is 0 Å². The molecule has 4 nitrogen and oxygen atoms in total.